The van der Waals surface area contributed by atoms with Crippen LogP contribution in [-0.4, -0.2) is 78.7 Å². The van der Waals surface area contributed by atoms with Crippen molar-refractivity contribution in [2.24, 2.45) is 0 Å². The largest absolute Gasteiger partial charge is 0.497 e. The molecule has 0 saturated carbocycles. The van der Waals surface area contributed by atoms with E-state index >= 15 is 0 Å². The number of aromatic amines is 1. The van der Waals surface area contributed by atoms with Gasteiger partial charge in [-0.3, -0.25) is 14.3 Å². The number of nitriles is 2. The number of H-pyrrole nitrogens is 1. The Morgan fingerprint density at radius 3 is 1.91 bits per heavy atom. The number of nitrogens with one attached hydrogen (secondary N) is 1. The van der Waals surface area contributed by atoms with E-state index in [-0.39, 0.29) is 44.7 Å². The van der Waals surface area contributed by atoms with Crippen LogP contribution < -0.4 is 20.7 Å². The first kappa shape index (κ1) is 44.2. The van der Waals surface area contributed by atoms with Gasteiger partial charge in [0, 0.05) is 24.3 Å². The summed E-state index contributed by atoms with van der Waals surface area (Å²) in [5, 5.41) is 18.7. The summed E-state index contributed by atoms with van der Waals surface area (Å²) in [6.45, 7) is 7.89. The van der Waals surface area contributed by atoms with Gasteiger partial charge < -0.3 is 28.2 Å². The van der Waals surface area contributed by atoms with Crippen molar-refractivity contribution >= 4 is 8.53 Å². The Labute approximate surface area is 339 Å². The summed E-state index contributed by atoms with van der Waals surface area (Å²) in [4.78, 5) is 34.1. The minimum absolute atomic E-state index is 0.0308. The van der Waals surface area contributed by atoms with Crippen LogP contribution in [0.5, 0.6) is 11.5 Å². The molecule has 1 aliphatic heterocycles. The Morgan fingerprint density at radius 1 is 0.810 bits per heavy atom. The number of nitrogens with zero attached hydrogens (tertiary/aromatic N) is 4. The van der Waals surface area contributed by atoms with Gasteiger partial charge in [-0.15, -0.1) is 0 Å². The standard InChI is InChI=1S/C42H50N5O10P/c1-29(2)47(30(3)4)58(54-27-11-24-44)57-56-38-36(55-40(39(38)52-26-10-23-43)46-25-22-37(48)45-41(46)49)28-53-42(31-12-8-7-9-13-31,32-14-18-34(50-5)19-15-32)33-16-20-35(51-6)21-17-33/h7-9,12-22,25,29-30,36,38-40H,10-11,26-28H2,1-6H3,(H,45,48,49)/t36-,38-,39-,40-,58?/m1/s1. The smallest absolute Gasteiger partial charge is 0.330 e. The Hall–Kier alpha value is -4.93. The van der Waals surface area contributed by atoms with Crippen LogP contribution in [0.15, 0.2) is 101 Å². The van der Waals surface area contributed by atoms with Crippen molar-refractivity contribution in [3.63, 3.8) is 0 Å². The third kappa shape index (κ3) is 10.4. The van der Waals surface area contributed by atoms with Gasteiger partial charge in [-0.1, -0.05) is 54.6 Å². The molecule has 5 rings (SSSR count). The third-order valence-corrected chi connectivity index (χ3v) is 11.4. The molecule has 4 aromatic rings. The lowest BCUT2D eigenvalue weighted by Gasteiger charge is -2.37. The molecule has 0 amide bonds. The third-order valence-electron chi connectivity index (χ3n) is 9.45. The van der Waals surface area contributed by atoms with Crippen LogP contribution in [0.3, 0.4) is 0 Å². The molecular weight excluding hydrogens is 765 g/mol. The van der Waals surface area contributed by atoms with E-state index in [4.69, 9.17) is 37.8 Å². The second kappa shape index (κ2) is 21.2. The van der Waals surface area contributed by atoms with Crippen LogP contribution in [0.25, 0.3) is 0 Å². The summed E-state index contributed by atoms with van der Waals surface area (Å²) in [5.41, 5.74) is -0.248. The van der Waals surface area contributed by atoms with Gasteiger partial charge in [0.1, 0.15) is 29.3 Å². The average Bonchev–Trinajstić information content (AvgIpc) is 3.56. The summed E-state index contributed by atoms with van der Waals surface area (Å²) >= 11 is 0. The molecule has 3 aromatic carbocycles. The second-order valence-electron chi connectivity index (χ2n) is 13.8. The molecule has 1 aliphatic rings. The normalized spacial score (nSPS) is 18.6. The van der Waals surface area contributed by atoms with E-state index in [0.29, 0.717) is 11.5 Å². The van der Waals surface area contributed by atoms with E-state index in [1.54, 1.807) is 14.2 Å². The van der Waals surface area contributed by atoms with E-state index in [1.807, 2.05) is 111 Å². The van der Waals surface area contributed by atoms with E-state index in [0.717, 1.165) is 16.7 Å². The fraction of sp³-hybridized carbons (Fsp3) is 0.429. The van der Waals surface area contributed by atoms with Crippen molar-refractivity contribution < 1.29 is 37.8 Å². The van der Waals surface area contributed by atoms with E-state index < -0.39 is 49.9 Å². The minimum atomic E-state index is -1.90. The molecule has 0 aliphatic carbocycles. The quantitative estimate of drug-likeness (QED) is 0.0324. The molecule has 5 atom stereocenters. The molecular formula is C42H50N5O10P. The number of ether oxygens (including phenoxy) is 5. The minimum Gasteiger partial charge on any atom is -0.497 e. The molecule has 0 bridgehead atoms. The highest BCUT2D eigenvalue weighted by Gasteiger charge is 2.51. The lowest BCUT2D eigenvalue weighted by Crippen LogP contribution is -2.43. The molecule has 1 saturated heterocycles. The maximum absolute atomic E-state index is 13.3. The van der Waals surface area contributed by atoms with Gasteiger partial charge in [-0.25, -0.2) is 14.4 Å². The monoisotopic (exact) mass is 815 g/mol. The number of rotatable bonds is 21. The van der Waals surface area contributed by atoms with E-state index in [9.17, 15) is 20.1 Å². The van der Waals surface area contributed by atoms with Crippen molar-refractivity contribution in [3.05, 3.63) is 129 Å². The van der Waals surface area contributed by atoms with Crippen molar-refractivity contribution in [1.29, 1.82) is 10.5 Å². The lowest BCUT2D eigenvalue weighted by molar-refractivity contribution is -0.280. The van der Waals surface area contributed by atoms with Gasteiger partial charge in [-0.05, 0) is 68.7 Å². The summed E-state index contributed by atoms with van der Waals surface area (Å²) in [6, 6.07) is 30.1. The second-order valence-corrected chi connectivity index (χ2v) is 15.2. The molecule has 1 fully saturated rings. The highest BCUT2D eigenvalue weighted by molar-refractivity contribution is 7.44. The van der Waals surface area contributed by atoms with E-state index in [2.05, 4.69) is 17.1 Å². The van der Waals surface area contributed by atoms with Gasteiger partial charge in [0.05, 0.1) is 59.0 Å². The fourth-order valence-corrected chi connectivity index (χ4v) is 8.29. The van der Waals surface area contributed by atoms with Crippen LogP contribution in [-0.2, 0) is 33.9 Å². The number of hydrogen-bond donors (Lipinski definition) is 1. The topological polar surface area (TPSA) is 180 Å². The summed E-state index contributed by atoms with van der Waals surface area (Å²) in [5.74, 6) is 1.31. The molecule has 0 radical (unpaired) electrons. The summed E-state index contributed by atoms with van der Waals surface area (Å²) in [6.07, 6.45) is -2.82. The van der Waals surface area contributed by atoms with Crippen LogP contribution in [0.2, 0.25) is 0 Å². The fourth-order valence-electron chi connectivity index (χ4n) is 6.87. The van der Waals surface area contributed by atoms with Gasteiger partial charge in [0.2, 0.25) is 0 Å². The maximum atomic E-state index is 13.3. The van der Waals surface area contributed by atoms with Crippen LogP contribution in [0, 0.1) is 22.7 Å². The Kier molecular flexibility index (Phi) is 16.1. The zero-order valence-electron chi connectivity index (χ0n) is 33.5. The molecule has 1 N–H and O–H groups in total. The molecule has 1 unspecified atom stereocenters. The first-order chi connectivity index (χ1) is 28.1. The number of benzene rings is 3. The molecule has 16 heteroatoms. The molecule has 58 heavy (non-hydrogen) atoms. The highest BCUT2D eigenvalue weighted by atomic mass is 31.2. The van der Waals surface area contributed by atoms with Crippen LogP contribution in [0.4, 0.5) is 0 Å². The molecule has 15 nitrogen and oxygen atoms in total. The van der Waals surface area contributed by atoms with Gasteiger partial charge in [0.25, 0.3) is 14.1 Å². The number of methoxy groups -OCH3 is 2. The first-order valence-electron chi connectivity index (χ1n) is 18.9. The van der Waals surface area contributed by atoms with Crippen LogP contribution >= 0.6 is 8.53 Å². The first-order valence-corrected chi connectivity index (χ1v) is 20.1. The zero-order chi connectivity index (χ0) is 41.7. The molecule has 2 heterocycles. The number of hydrogen-bond acceptors (Lipinski definition) is 13. The van der Waals surface area contributed by atoms with Crippen molar-refractivity contribution in [3.8, 4) is 23.6 Å². The van der Waals surface area contributed by atoms with Gasteiger partial charge in [-0.2, -0.15) is 15.2 Å². The summed E-state index contributed by atoms with van der Waals surface area (Å²) < 4.78 is 46.7. The number of aromatic nitrogens is 2. The molecule has 0 spiro atoms. The zero-order valence-corrected chi connectivity index (χ0v) is 34.4. The van der Waals surface area contributed by atoms with Crippen molar-refractivity contribution in [2.75, 3.05) is 34.0 Å². The highest BCUT2D eigenvalue weighted by Crippen LogP contribution is 2.48. The predicted molar refractivity (Wildman–Crippen MR) is 215 cm³/mol. The molecule has 308 valence electrons. The van der Waals surface area contributed by atoms with E-state index in [1.165, 1.54) is 16.8 Å². The Bertz CT molecular complexity index is 2030. The summed E-state index contributed by atoms with van der Waals surface area (Å²) in [7, 11) is 1.30. The average molecular weight is 816 g/mol. The van der Waals surface area contributed by atoms with Crippen LogP contribution in [0.1, 0.15) is 63.5 Å². The lowest BCUT2D eigenvalue weighted by atomic mass is 9.80. The van der Waals surface area contributed by atoms with Gasteiger partial charge >= 0.3 is 5.69 Å². The predicted octanol–water partition coefficient (Wildman–Crippen LogP) is 6.35. The Morgan fingerprint density at radius 2 is 1.38 bits per heavy atom. The van der Waals surface area contributed by atoms with Crippen molar-refractivity contribution in [2.45, 2.75) is 82.8 Å². The van der Waals surface area contributed by atoms with Crippen molar-refractivity contribution in [1.82, 2.24) is 14.2 Å². The maximum Gasteiger partial charge on any atom is 0.330 e. The SMILES string of the molecule is COc1ccc(C(OC[C@H]2O[C@@H](n3ccc(=O)[nH]c3=O)[C@H](OCCC#N)[C@@H]2OOP(OCCC#N)N(C(C)C)C(C)C)(c2ccccc2)c2ccc(OC)cc2)cc1. The molecule has 1 aromatic heterocycles. The Balaban J connectivity index is 1.63. The van der Waals surface area contributed by atoms with Gasteiger partial charge in [0.15, 0.2) is 12.3 Å².